The number of hydrogen-bond donors (Lipinski definition) is 2. The van der Waals surface area contributed by atoms with Gasteiger partial charge in [0.2, 0.25) is 0 Å². The Kier molecular flexibility index (Phi) is 4.75. The zero-order valence-electron chi connectivity index (χ0n) is 10.9. The summed E-state index contributed by atoms with van der Waals surface area (Å²) < 4.78 is 1.07. The Labute approximate surface area is 122 Å². The first-order valence-corrected chi connectivity index (χ1v) is 7.10. The summed E-state index contributed by atoms with van der Waals surface area (Å²) in [5.74, 6) is 0. The van der Waals surface area contributed by atoms with Crippen molar-refractivity contribution in [2.24, 2.45) is 0 Å². The average Bonchev–Trinajstić information content (AvgIpc) is 2.40. The highest BCUT2D eigenvalue weighted by Gasteiger charge is 2.21. The van der Waals surface area contributed by atoms with Gasteiger partial charge in [0.25, 0.3) is 0 Å². The molecule has 100 valence electrons. The summed E-state index contributed by atoms with van der Waals surface area (Å²) in [7, 11) is 0. The van der Waals surface area contributed by atoms with Gasteiger partial charge in [-0.25, -0.2) is 0 Å². The standard InChI is InChI=1S/C16H18BrNO/c1-16(19,14-7-3-2-4-8-14)12-18-11-13-6-5-9-15(17)10-13/h2-10,18-19H,11-12H2,1H3. The molecular weight excluding hydrogens is 302 g/mol. The minimum atomic E-state index is -0.854. The minimum Gasteiger partial charge on any atom is -0.384 e. The third-order valence-electron chi connectivity index (χ3n) is 3.08. The van der Waals surface area contributed by atoms with Crippen molar-refractivity contribution in [2.75, 3.05) is 6.54 Å². The molecule has 2 aromatic carbocycles. The molecule has 0 saturated heterocycles. The largest absolute Gasteiger partial charge is 0.384 e. The SMILES string of the molecule is CC(O)(CNCc1cccc(Br)c1)c1ccccc1. The Morgan fingerprint density at radius 3 is 2.53 bits per heavy atom. The summed E-state index contributed by atoms with van der Waals surface area (Å²) in [5.41, 5.74) is 1.27. The van der Waals surface area contributed by atoms with Crippen molar-refractivity contribution in [3.8, 4) is 0 Å². The van der Waals surface area contributed by atoms with Gasteiger partial charge in [0, 0.05) is 17.6 Å². The second kappa shape index (κ2) is 6.33. The maximum atomic E-state index is 10.4. The van der Waals surface area contributed by atoms with Gasteiger partial charge in [-0.05, 0) is 30.2 Å². The Balaban J connectivity index is 1.92. The van der Waals surface area contributed by atoms with Crippen LogP contribution in [-0.4, -0.2) is 11.7 Å². The molecule has 2 nitrogen and oxygen atoms in total. The summed E-state index contributed by atoms with van der Waals surface area (Å²) in [5, 5.41) is 13.7. The van der Waals surface area contributed by atoms with E-state index in [-0.39, 0.29) is 0 Å². The second-order valence-corrected chi connectivity index (χ2v) is 5.79. The van der Waals surface area contributed by atoms with Crippen molar-refractivity contribution < 1.29 is 5.11 Å². The van der Waals surface area contributed by atoms with E-state index in [2.05, 4.69) is 33.4 Å². The van der Waals surface area contributed by atoms with E-state index in [9.17, 15) is 5.11 Å². The molecule has 1 atom stereocenters. The van der Waals surface area contributed by atoms with Crippen LogP contribution in [0.4, 0.5) is 0 Å². The second-order valence-electron chi connectivity index (χ2n) is 4.87. The van der Waals surface area contributed by atoms with Crippen molar-refractivity contribution in [2.45, 2.75) is 19.1 Å². The molecule has 0 fully saturated rings. The van der Waals surface area contributed by atoms with E-state index < -0.39 is 5.60 Å². The zero-order chi connectivity index (χ0) is 13.7. The molecule has 2 N–H and O–H groups in total. The first-order chi connectivity index (χ1) is 9.08. The summed E-state index contributed by atoms with van der Waals surface area (Å²) in [6.45, 7) is 3.09. The van der Waals surface area contributed by atoms with Crippen LogP contribution < -0.4 is 5.32 Å². The molecule has 0 radical (unpaired) electrons. The topological polar surface area (TPSA) is 32.3 Å². The molecule has 19 heavy (non-hydrogen) atoms. The fraction of sp³-hybridized carbons (Fsp3) is 0.250. The van der Waals surface area contributed by atoms with E-state index in [0.717, 1.165) is 16.6 Å². The van der Waals surface area contributed by atoms with Gasteiger partial charge in [0.15, 0.2) is 0 Å². The van der Waals surface area contributed by atoms with Gasteiger partial charge in [-0.1, -0.05) is 58.4 Å². The van der Waals surface area contributed by atoms with Crippen LogP contribution >= 0.6 is 15.9 Å². The van der Waals surface area contributed by atoms with Gasteiger partial charge >= 0.3 is 0 Å². The molecule has 0 aliphatic rings. The van der Waals surface area contributed by atoms with Crippen LogP contribution in [0.3, 0.4) is 0 Å². The molecule has 0 amide bonds. The van der Waals surface area contributed by atoms with Gasteiger partial charge in [0.05, 0.1) is 5.60 Å². The Hall–Kier alpha value is -1.16. The molecule has 0 aromatic heterocycles. The van der Waals surface area contributed by atoms with Gasteiger partial charge in [-0.15, -0.1) is 0 Å². The molecule has 2 rings (SSSR count). The lowest BCUT2D eigenvalue weighted by Crippen LogP contribution is -2.35. The van der Waals surface area contributed by atoms with E-state index in [0.29, 0.717) is 6.54 Å². The molecule has 0 aliphatic carbocycles. The number of rotatable bonds is 5. The predicted molar refractivity (Wildman–Crippen MR) is 81.9 cm³/mol. The zero-order valence-corrected chi connectivity index (χ0v) is 12.5. The smallest absolute Gasteiger partial charge is 0.0992 e. The monoisotopic (exact) mass is 319 g/mol. The van der Waals surface area contributed by atoms with E-state index in [1.54, 1.807) is 0 Å². The minimum absolute atomic E-state index is 0.517. The summed E-state index contributed by atoms with van der Waals surface area (Å²) in [4.78, 5) is 0. The first kappa shape index (κ1) is 14.3. The highest BCUT2D eigenvalue weighted by atomic mass is 79.9. The van der Waals surface area contributed by atoms with Crippen LogP contribution in [0.2, 0.25) is 0 Å². The average molecular weight is 320 g/mol. The molecule has 1 unspecified atom stereocenters. The normalized spacial score (nSPS) is 14.1. The van der Waals surface area contributed by atoms with Crippen LogP contribution in [0.15, 0.2) is 59.1 Å². The van der Waals surface area contributed by atoms with Crippen LogP contribution in [0.1, 0.15) is 18.1 Å². The maximum Gasteiger partial charge on any atom is 0.0992 e. The Morgan fingerprint density at radius 1 is 1.11 bits per heavy atom. The number of aliphatic hydroxyl groups is 1. The van der Waals surface area contributed by atoms with Crippen molar-refractivity contribution in [3.05, 3.63) is 70.2 Å². The molecule has 3 heteroatoms. The van der Waals surface area contributed by atoms with Crippen molar-refractivity contribution in [3.63, 3.8) is 0 Å². The van der Waals surface area contributed by atoms with E-state index in [1.165, 1.54) is 5.56 Å². The van der Waals surface area contributed by atoms with E-state index in [1.807, 2.05) is 49.4 Å². The molecule has 0 spiro atoms. The Bertz CT molecular complexity index is 525. The summed E-state index contributed by atoms with van der Waals surface area (Å²) in [6.07, 6.45) is 0. The number of hydrogen-bond acceptors (Lipinski definition) is 2. The summed E-state index contributed by atoms with van der Waals surface area (Å²) >= 11 is 3.45. The van der Waals surface area contributed by atoms with E-state index in [4.69, 9.17) is 0 Å². The lowest BCUT2D eigenvalue weighted by atomic mass is 9.96. The predicted octanol–water partition coefficient (Wildman–Crippen LogP) is 3.45. The van der Waals surface area contributed by atoms with Crippen LogP contribution in [-0.2, 0) is 12.1 Å². The van der Waals surface area contributed by atoms with Crippen molar-refractivity contribution in [1.82, 2.24) is 5.32 Å². The third-order valence-corrected chi connectivity index (χ3v) is 3.58. The molecule has 0 aliphatic heterocycles. The highest BCUT2D eigenvalue weighted by molar-refractivity contribution is 9.10. The molecule has 0 saturated carbocycles. The highest BCUT2D eigenvalue weighted by Crippen LogP contribution is 2.19. The van der Waals surface area contributed by atoms with Crippen molar-refractivity contribution >= 4 is 15.9 Å². The molecular formula is C16H18BrNO. The fourth-order valence-corrected chi connectivity index (χ4v) is 2.44. The lowest BCUT2D eigenvalue weighted by molar-refractivity contribution is 0.0567. The quantitative estimate of drug-likeness (QED) is 0.884. The van der Waals surface area contributed by atoms with Crippen LogP contribution in [0.5, 0.6) is 0 Å². The molecule has 0 heterocycles. The lowest BCUT2D eigenvalue weighted by Gasteiger charge is -2.24. The van der Waals surface area contributed by atoms with E-state index >= 15 is 0 Å². The number of benzene rings is 2. The molecule has 0 bridgehead atoms. The fourth-order valence-electron chi connectivity index (χ4n) is 2.00. The first-order valence-electron chi connectivity index (χ1n) is 6.31. The van der Waals surface area contributed by atoms with Crippen molar-refractivity contribution in [1.29, 1.82) is 0 Å². The maximum absolute atomic E-state index is 10.4. The van der Waals surface area contributed by atoms with Gasteiger partial charge in [0.1, 0.15) is 0 Å². The number of halogens is 1. The Morgan fingerprint density at radius 2 is 1.84 bits per heavy atom. The van der Waals surface area contributed by atoms with Crippen LogP contribution in [0.25, 0.3) is 0 Å². The third kappa shape index (κ3) is 4.16. The number of nitrogens with one attached hydrogen (secondary N) is 1. The molecule has 2 aromatic rings. The summed E-state index contributed by atoms with van der Waals surface area (Å²) in [6, 6.07) is 17.9. The van der Waals surface area contributed by atoms with Crippen LogP contribution in [0, 0.1) is 0 Å². The van der Waals surface area contributed by atoms with Gasteiger partial charge in [-0.2, -0.15) is 0 Å². The van der Waals surface area contributed by atoms with Gasteiger partial charge in [-0.3, -0.25) is 0 Å². The van der Waals surface area contributed by atoms with Gasteiger partial charge < -0.3 is 10.4 Å².